The molecule has 128 valence electrons. The van der Waals surface area contributed by atoms with Gasteiger partial charge in [-0.05, 0) is 48.2 Å². The molecule has 0 spiro atoms. The number of hydrogen-bond donors (Lipinski definition) is 3. The van der Waals surface area contributed by atoms with Gasteiger partial charge in [0.15, 0.2) is 5.60 Å². The number of benzene rings is 2. The Bertz CT molecular complexity index is 717. The van der Waals surface area contributed by atoms with Gasteiger partial charge in [-0.15, -0.1) is 0 Å². The fraction of sp³-hybridized carbons (Fsp3) is 0.278. The van der Waals surface area contributed by atoms with Crippen molar-refractivity contribution < 1.29 is 24.2 Å². The molecule has 2 rings (SSSR count). The molecule has 1 unspecified atom stereocenters. The van der Waals surface area contributed by atoms with E-state index >= 15 is 0 Å². The average Bonchev–Trinajstić information content (AvgIpc) is 2.60. The number of aryl methyl sites for hydroxylation is 1. The van der Waals surface area contributed by atoms with Crippen LogP contribution in [0.4, 0.5) is 4.39 Å². The molecule has 0 aliphatic heterocycles. The van der Waals surface area contributed by atoms with Gasteiger partial charge in [0.25, 0.3) is 5.91 Å². The quantitative estimate of drug-likeness (QED) is 0.561. The van der Waals surface area contributed by atoms with Gasteiger partial charge in [0.1, 0.15) is 5.82 Å². The lowest BCUT2D eigenvalue weighted by Gasteiger charge is -2.25. The fourth-order valence-electron chi connectivity index (χ4n) is 2.31. The largest absolute Gasteiger partial charge is 0.393 e. The molecule has 0 aliphatic rings. The lowest BCUT2D eigenvalue weighted by atomic mass is 9.98. The monoisotopic (exact) mass is 333 g/mol. The number of rotatable bonds is 6. The maximum Gasteiger partial charge on any atom is 0.277 e. The topological polar surface area (TPSA) is 78.8 Å². The van der Waals surface area contributed by atoms with Crippen molar-refractivity contribution in [3.05, 3.63) is 59.4 Å². The molecule has 6 heteroatoms. The van der Waals surface area contributed by atoms with E-state index in [0.29, 0.717) is 0 Å². The Morgan fingerprint density at radius 3 is 2.46 bits per heavy atom. The van der Waals surface area contributed by atoms with Gasteiger partial charge < -0.3 is 9.84 Å². The molecule has 0 aliphatic carbocycles. The van der Waals surface area contributed by atoms with Gasteiger partial charge >= 0.3 is 0 Å². The summed E-state index contributed by atoms with van der Waals surface area (Å²) >= 11 is 0. The van der Waals surface area contributed by atoms with Gasteiger partial charge in [-0.1, -0.05) is 30.3 Å². The van der Waals surface area contributed by atoms with Crippen LogP contribution >= 0.6 is 0 Å². The summed E-state index contributed by atoms with van der Waals surface area (Å²) < 4.78 is 18.5. The highest BCUT2D eigenvalue weighted by molar-refractivity contribution is 5.83. The number of carbonyl (C=O) groups excluding carboxylic acids is 1. The first-order valence-corrected chi connectivity index (χ1v) is 7.44. The molecule has 0 heterocycles. The van der Waals surface area contributed by atoms with E-state index in [1.165, 1.54) is 24.5 Å². The highest BCUT2D eigenvalue weighted by Gasteiger charge is 2.33. The molecule has 0 bridgehead atoms. The Morgan fingerprint density at radius 1 is 1.25 bits per heavy atom. The summed E-state index contributed by atoms with van der Waals surface area (Å²) in [5.74, 6) is -1.10. The van der Waals surface area contributed by atoms with Crippen LogP contribution in [0.5, 0.6) is 0 Å². The van der Waals surface area contributed by atoms with Crippen LogP contribution in [0, 0.1) is 12.7 Å². The van der Waals surface area contributed by atoms with E-state index in [0.717, 1.165) is 22.3 Å². The smallest absolute Gasteiger partial charge is 0.277 e. The van der Waals surface area contributed by atoms with Crippen LogP contribution in [0.1, 0.15) is 18.1 Å². The zero-order valence-corrected chi connectivity index (χ0v) is 13.5. The molecule has 1 amide bonds. The highest BCUT2D eigenvalue weighted by Crippen LogP contribution is 2.25. The first-order chi connectivity index (χ1) is 11.4. The first kappa shape index (κ1) is 18.1. The Labute approximate surface area is 139 Å². The third-order valence-corrected chi connectivity index (χ3v) is 3.89. The van der Waals surface area contributed by atoms with E-state index in [9.17, 15) is 14.3 Å². The third-order valence-electron chi connectivity index (χ3n) is 3.89. The SMILES string of the molecule is Cc1cc(COC(C)(CO)C(=O)NO)ccc1-c1ccc(F)cc1. The average molecular weight is 333 g/mol. The second kappa shape index (κ2) is 7.53. The van der Waals surface area contributed by atoms with Gasteiger partial charge in [0, 0.05) is 0 Å². The number of carbonyl (C=O) groups is 1. The number of aliphatic hydroxyl groups is 1. The zero-order chi connectivity index (χ0) is 17.7. The maximum absolute atomic E-state index is 13.0. The number of amides is 1. The van der Waals surface area contributed by atoms with Crippen molar-refractivity contribution in [1.29, 1.82) is 0 Å². The minimum Gasteiger partial charge on any atom is -0.393 e. The molecule has 3 N–H and O–H groups in total. The van der Waals surface area contributed by atoms with Gasteiger partial charge in [0.2, 0.25) is 0 Å². The standard InChI is InChI=1S/C18H20FNO4/c1-12-9-13(10-24-18(2,11-21)17(22)20-23)3-8-16(12)14-4-6-15(19)7-5-14/h3-9,21,23H,10-11H2,1-2H3,(H,20,22). The van der Waals surface area contributed by atoms with Crippen molar-refractivity contribution in [1.82, 2.24) is 5.48 Å². The Kier molecular flexibility index (Phi) is 5.66. The van der Waals surface area contributed by atoms with Crippen molar-refractivity contribution in [3.63, 3.8) is 0 Å². The van der Waals surface area contributed by atoms with Crippen molar-refractivity contribution in [2.24, 2.45) is 0 Å². The summed E-state index contributed by atoms with van der Waals surface area (Å²) in [6.45, 7) is 2.84. The molecule has 0 aromatic heterocycles. The van der Waals surface area contributed by atoms with Crippen LogP contribution in [0.15, 0.2) is 42.5 Å². The summed E-state index contributed by atoms with van der Waals surface area (Å²) in [5.41, 5.74) is 3.61. The van der Waals surface area contributed by atoms with Crippen LogP contribution in [0.3, 0.4) is 0 Å². The molecular formula is C18H20FNO4. The summed E-state index contributed by atoms with van der Waals surface area (Å²) in [6, 6.07) is 11.9. The molecule has 2 aromatic rings. The van der Waals surface area contributed by atoms with Crippen LogP contribution in [0.25, 0.3) is 11.1 Å². The molecular weight excluding hydrogens is 313 g/mol. The first-order valence-electron chi connectivity index (χ1n) is 7.44. The van der Waals surface area contributed by atoms with E-state index in [1.54, 1.807) is 12.1 Å². The van der Waals surface area contributed by atoms with Crippen molar-refractivity contribution >= 4 is 5.91 Å². The number of halogens is 1. The highest BCUT2D eigenvalue weighted by atomic mass is 19.1. The van der Waals surface area contributed by atoms with Crippen LogP contribution in [-0.4, -0.2) is 28.4 Å². The minimum absolute atomic E-state index is 0.0923. The predicted octanol–water partition coefficient (Wildman–Crippen LogP) is 2.57. The van der Waals surface area contributed by atoms with E-state index in [2.05, 4.69) is 0 Å². The Balaban J connectivity index is 2.15. The summed E-state index contributed by atoms with van der Waals surface area (Å²) in [6.07, 6.45) is 0. The molecule has 2 aromatic carbocycles. The molecule has 1 atom stereocenters. The van der Waals surface area contributed by atoms with Gasteiger partial charge in [-0.25, -0.2) is 9.87 Å². The lowest BCUT2D eigenvalue weighted by Crippen LogP contribution is -2.48. The lowest BCUT2D eigenvalue weighted by molar-refractivity contribution is -0.161. The van der Waals surface area contributed by atoms with E-state index < -0.39 is 18.1 Å². The minimum atomic E-state index is -1.53. The number of aliphatic hydroxyl groups excluding tert-OH is 1. The zero-order valence-electron chi connectivity index (χ0n) is 13.5. The Morgan fingerprint density at radius 2 is 1.92 bits per heavy atom. The molecule has 24 heavy (non-hydrogen) atoms. The summed E-state index contributed by atoms with van der Waals surface area (Å²) in [5, 5.41) is 18.0. The van der Waals surface area contributed by atoms with Crippen molar-refractivity contribution in [2.75, 3.05) is 6.61 Å². The fourth-order valence-corrected chi connectivity index (χ4v) is 2.31. The maximum atomic E-state index is 13.0. The van der Waals surface area contributed by atoms with Gasteiger partial charge in [-0.3, -0.25) is 10.0 Å². The molecule has 0 saturated carbocycles. The van der Waals surface area contributed by atoms with E-state index in [-0.39, 0.29) is 12.4 Å². The van der Waals surface area contributed by atoms with Crippen molar-refractivity contribution in [2.45, 2.75) is 26.1 Å². The number of hydrogen-bond acceptors (Lipinski definition) is 4. The van der Waals surface area contributed by atoms with Gasteiger partial charge in [-0.2, -0.15) is 0 Å². The normalized spacial score (nSPS) is 13.4. The second-order valence-corrected chi connectivity index (χ2v) is 5.77. The predicted molar refractivity (Wildman–Crippen MR) is 86.8 cm³/mol. The van der Waals surface area contributed by atoms with Crippen LogP contribution in [-0.2, 0) is 16.1 Å². The van der Waals surface area contributed by atoms with Crippen molar-refractivity contribution in [3.8, 4) is 11.1 Å². The molecule has 0 radical (unpaired) electrons. The van der Waals surface area contributed by atoms with Crippen LogP contribution in [0.2, 0.25) is 0 Å². The summed E-state index contributed by atoms with van der Waals surface area (Å²) in [7, 11) is 0. The third kappa shape index (κ3) is 3.97. The molecule has 5 nitrogen and oxygen atoms in total. The van der Waals surface area contributed by atoms with Crippen LogP contribution < -0.4 is 5.48 Å². The number of hydroxylamine groups is 1. The number of nitrogens with one attached hydrogen (secondary N) is 1. The number of ether oxygens (including phenoxy) is 1. The molecule has 0 saturated heterocycles. The Hall–Kier alpha value is -2.28. The summed E-state index contributed by atoms with van der Waals surface area (Å²) in [4.78, 5) is 11.5. The second-order valence-electron chi connectivity index (χ2n) is 5.77. The molecule has 0 fully saturated rings. The van der Waals surface area contributed by atoms with E-state index in [4.69, 9.17) is 9.94 Å². The van der Waals surface area contributed by atoms with E-state index in [1.807, 2.05) is 25.1 Å². The van der Waals surface area contributed by atoms with Gasteiger partial charge in [0.05, 0.1) is 13.2 Å².